The molecule has 19 heavy (non-hydrogen) atoms. The van der Waals surface area contributed by atoms with Gasteiger partial charge in [0.25, 0.3) is 17.5 Å². The highest BCUT2D eigenvalue weighted by Crippen LogP contribution is 2.28. The molecule has 0 fully saturated rings. The standard InChI is InChI=1S/C11H13N5O3/c1-3-15(2)11-13-10(19-14-11)8-5-4-7(16(17)18)6-9(8)12/h4-6H,3,12H2,1-2H3. The van der Waals surface area contributed by atoms with Crippen molar-refractivity contribution in [3.8, 4) is 11.5 Å². The molecule has 0 aliphatic rings. The zero-order valence-corrected chi connectivity index (χ0v) is 10.5. The van der Waals surface area contributed by atoms with Crippen molar-refractivity contribution in [2.45, 2.75) is 6.92 Å². The fourth-order valence-electron chi connectivity index (χ4n) is 1.48. The molecule has 1 heterocycles. The van der Waals surface area contributed by atoms with Crippen molar-refractivity contribution in [2.75, 3.05) is 24.2 Å². The van der Waals surface area contributed by atoms with E-state index in [1.807, 2.05) is 14.0 Å². The number of nitro benzene ring substituents is 1. The maximum atomic E-state index is 10.6. The lowest BCUT2D eigenvalue weighted by Gasteiger charge is -2.08. The Morgan fingerprint density at radius 1 is 1.53 bits per heavy atom. The van der Waals surface area contributed by atoms with E-state index in [0.29, 0.717) is 11.5 Å². The summed E-state index contributed by atoms with van der Waals surface area (Å²) in [7, 11) is 1.83. The van der Waals surface area contributed by atoms with Gasteiger partial charge in [-0.05, 0) is 18.1 Å². The number of nitrogens with two attached hydrogens (primary N) is 1. The largest absolute Gasteiger partial charge is 0.398 e. The van der Waals surface area contributed by atoms with Crippen LogP contribution in [0.4, 0.5) is 17.3 Å². The summed E-state index contributed by atoms with van der Waals surface area (Å²) in [4.78, 5) is 16.1. The van der Waals surface area contributed by atoms with Crippen LogP contribution in [0.5, 0.6) is 0 Å². The van der Waals surface area contributed by atoms with Crippen molar-refractivity contribution < 1.29 is 9.45 Å². The predicted molar refractivity (Wildman–Crippen MR) is 69.7 cm³/mol. The van der Waals surface area contributed by atoms with Crippen LogP contribution in [-0.4, -0.2) is 28.7 Å². The number of hydrogen-bond donors (Lipinski definition) is 1. The average Bonchev–Trinajstić information content (AvgIpc) is 2.87. The first kappa shape index (κ1) is 12.8. The van der Waals surface area contributed by atoms with E-state index in [9.17, 15) is 10.1 Å². The van der Waals surface area contributed by atoms with Gasteiger partial charge in [-0.1, -0.05) is 0 Å². The van der Waals surface area contributed by atoms with Crippen molar-refractivity contribution in [1.29, 1.82) is 0 Å². The summed E-state index contributed by atoms with van der Waals surface area (Å²) in [6.07, 6.45) is 0. The van der Waals surface area contributed by atoms with E-state index < -0.39 is 4.92 Å². The van der Waals surface area contributed by atoms with Crippen molar-refractivity contribution in [3.05, 3.63) is 28.3 Å². The minimum absolute atomic E-state index is 0.0772. The molecule has 0 spiro atoms. The first-order valence-corrected chi connectivity index (χ1v) is 5.62. The van der Waals surface area contributed by atoms with Gasteiger partial charge in [-0.25, -0.2) is 0 Å². The number of hydrogen-bond acceptors (Lipinski definition) is 7. The van der Waals surface area contributed by atoms with Crippen LogP contribution >= 0.6 is 0 Å². The molecule has 0 radical (unpaired) electrons. The summed E-state index contributed by atoms with van der Waals surface area (Å²) >= 11 is 0. The highest BCUT2D eigenvalue weighted by molar-refractivity contribution is 5.73. The van der Waals surface area contributed by atoms with E-state index in [1.165, 1.54) is 18.2 Å². The summed E-state index contributed by atoms with van der Waals surface area (Å²) in [5, 5.41) is 14.4. The van der Waals surface area contributed by atoms with Gasteiger partial charge in [0.05, 0.1) is 16.2 Å². The molecule has 0 amide bonds. The van der Waals surface area contributed by atoms with Crippen molar-refractivity contribution in [1.82, 2.24) is 10.1 Å². The summed E-state index contributed by atoms with van der Waals surface area (Å²) in [5.74, 6) is 0.679. The summed E-state index contributed by atoms with van der Waals surface area (Å²) in [5.41, 5.74) is 6.39. The number of benzene rings is 1. The maximum absolute atomic E-state index is 10.6. The Balaban J connectivity index is 2.37. The summed E-state index contributed by atoms with van der Waals surface area (Å²) in [6.45, 7) is 2.69. The van der Waals surface area contributed by atoms with Crippen LogP contribution < -0.4 is 10.6 Å². The Morgan fingerprint density at radius 3 is 2.84 bits per heavy atom. The zero-order valence-electron chi connectivity index (χ0n) is 10.5. The molecular formula is C11H13N5O3. The molecule has 8 heteroatoms. The fraction of sp³-hybridized carbons (Fsp3) is 0.273. The molecule has 0 bridgehead atoms. The van der Waals surface area contributed by atoms with E-state index in [-0.39, 0.29) is 17.3 Å². The average molecular weight is 263 g/mol. The highest BCUT2D eigenvalue weighted by atomic mass is 16.6. The van der Waals surface area contributed by atoms with Crippen molar-refractivity contribution in [2.24, 2.45) is 0 Å². The molecule has 0 atom stereocenters. The number of nitrogen functional groups attached to an aromatic ring is 1. The molecule has 2 aromatic rings. The van der Waals surface area contributed by atoms with E-state index in [2.05, 4.69) is 10.1 Å². The molecule has 0 aliphatic heterocycles. The Hall–Kier alpha value is -2.64. The third-order valence-electron chi connectivity index (χ3n) is 2.71. The van der Waals surface area contributed by atoms with Gasteiger partial charge in [-0.2, -0.15) is 4.98 Å². The zero-order chi connectivity index (χ0) is 14.0. The van der Waals surface area contributed by atoms with Crippen LogP contribution in [-0.2, 0) is 0 Å². The maximum Gasteiger partial charge on any atom is 0.271 e. The lowest BCUT2D eigenvalue weighted by Crippen LogP contribution is -2.16. The molecular weight excluding hydrogens is 250 g/mol. The van der Waals surface area contributed by atoms with Gasteiger partial charge in [0, 0.05) is 25.7 Å². The quantitative estimate of drug-likeness (QED) is 0.507. The molecule has 2 rings (SSSR count). The normalized spacial score (nSPS) is 10.4. The van der Waals surface area contributed by atoms with Crippen LogP contribution in [0.15, 0.2) is 22.7 Å². The van der Waals surface area contributed by atoms with Gasteiger partial charge in [-0.3, -0.25) is 10.1 Å². The highest BCUT2D eigenvalue weighted by Gasteiger charge is 2.16. The first-order chi connectivity index (χ1) is 9.02. The minimum Gasteiger partial charge on any atom is -0.398 e. The Bertz CT molecular complexity index is 610. The molecule has 0 aliphatic carbocycles. The fourth-order valence-corrected chi connectivity index (χ4v) is 1.48. The van der Waals surface area contributed by atoms with Crippen molar-refractivity contribution >= 4 is 17.3 Å². The Kier molecular flexibility index (Phi) is 3.32. The van der Waals surface area contributed by atoms with E-state index in [0.717, 1.165) is 6.54 Å². The first-order valence-electron chi connectivity index (χ1n) is 5.62. The summed E-state index contributed by atoms with van der Waals surface area (Å²) in [6, 6.07) is 4.11. The number of anilines is 2. The number of rotatable bonds is 4. The topological polar surface area (TPSA) is 111 Å². The van der Waals surface area contributed by atoms with E-state index in [4.69, 9.17) is 10.3 Å². The lowest BCUT2D eigenvalue weighted by molar-refractivity contribution is -0.384. The van der Waals surface area contributed by atoms with E-state index in [1.54, 1.807) is 4.90 Å². The van der Waals surface area contributed by atoms with Gasteiger partial charge < -0.3 is 15.2 Å². The molecule has 0 saturated carbocycles. The minimum atomic E-state index is -0.510. The Labute approximate surface area is 109 Å². The van der Waals surface area contributed by atoms with Gasteiger partial charge in [0.2, 0.25) is 0 Å². The molecule has 0 unspecified atom stereocenters. The van der Waals surface area contributed by atoms with Gasteiger partial charge in [-0.15, -0.1) is 0 Å². The molecule has 1 aromatic heterocycles. The van der Waals surface area contributed by atoms with Gasteiger partial charge in [0.1, 0.15) is 0 Å². The number of nitrogens with zero attached hydrogens (tertiary/aromatic N) is 4. The van der Waals surface area contributed by atoms with Crippen LogP contribution in [0.2, 0.25) is 0 Å². The lowest BCUT2D eigenvalue weighted by atomic mass is 10.1. The monoisotopic (exact) mass is 263 g/mol. The van der Waals surface area contributed by atoms with Crippen LogP contribution in [0.1, 0.15) is 6.92 Å². The number of nitro groups is 1. The molecule has 1 aromatic carbocycles. The third-order valence-corrected chi connectivity index (χ3v) is 2.71. The van der Waals surface area contributed by atoms with Gasteiger partial charge >= 0.3 is 0 Å². The second kappa shape index (κ2) is 4.92. The SMILES string of the molecule is CCN(C)c1noc(-c2ccc([N+](=O)[O-])cc2N)n1. The van der Waals surface area contributed by atoms with Gasteiger partial charge in [0.15, 0.2) is 0 Å². The molecule has 0 saturated heterocycles. The number of aromatic nitrogens is 2. The molecule has 2 N–H and O–H groups in total. The van der Waals surface area contributed by atoms with Crippen LogP contribution in [0.3, 0.4) is 0 Å². The smallest absolute Gasteiger partial charge is 0.271 e. The molecule has 8 nitrogen and oxygen atoms in total. The summed E-state index contributed by atoms with van der Waals surface area (Å²) < 4.78 is 5.10. The van der Waals surface area contributed by atoms with Crippen LogP contribution in [0.25, 0.3) is 11.5 Å². The second-order valence-electron chi connectivity index (χ2n) is 3.94. The predicted octanol–water partition coefficient (Wildman–Crippen LogP) is 1.68. The Morgan fingerprint density at radius 2 is 2.26 bits per heavy atom. The van der Waals surface area contributed by atoms with Crippen LogP contribution in [0, 0.1) is 10.1 Å². The van der Waals surface area contributed by atoms with Crippen molar-refractivity contribution in [3.63, 3.8) is 0 Å². The second-order valence-corrected chi connectivity index (χ2v) is 3.94. The van der Waals surface area contributed by atoms with E-state index >= 15 is 0 Å². The number of non-ortho nitro benzene ring substituents is 1. The molecule has 100 valence electrons. The third kappa shape index (κ3) is 2.46.